The number of para-hydroxylation sites is 8. The summed E-state index contributed by atoms with van der Waals surface area (Å²) in [6.45, 7) is 0. The summed E-state index contributed by atoms with van der Waals surface area (Å²) >= 11 is 0. The highest BCUT2D eigenvalue weighted by Gasteiger charge is 2.53. The number of anilines is 3. The Balaban J connectivity index is 0.619. The normalized spacial score (nSPS) is 13.8. The highest BCUT2D eigenvalue weighted by atomic mass is 15.2. The summed E-state index contributed by atoms with van der Waals surface area (Å²) in [7, 11) is 0. The van der Waals surface area contributed by atoms with Gasteiger partial charge in [-0.2, -0.15) is 0 Å². The second-order valence-electron chi connectivity index (χ2n) is 39.1. The molecule has 6 nitrogen and oxygen atoms in total. The van der Waals surface area contributed by atoms with Crippen LogP contribution in [0.3, 0.4) is 0 Å². The zero-order valence-corrected chi connectivity index (χ0v) is 79.2. The third kappa shape index (κ3) is 12.4. The van der Waals surface area contributed by atoms with E-state index in [1.54, 1.807) is 0 Å². The molecule has 5 aromatic heterocycles. The lowest BCUT2D eigenvalue weighted by molar-refractivity contribution is 0.742. The van der Waals surface area contributed by atoms with Gasteiger partial charge in [0.05, 0.1) is 83.3 Å². The van der Waals surface area contributed by atoms with Gasteiger partial charge in [-0.15, -0.1) is 0 Å². The molecule has 6 heteroatoms. The maximum atomic E-state index is 2.61. The Labute approximate surface area is 838 Å². The Morgan fingerprint density at radius 1 is 0.172 bits per heavy atom. The van der Waals surface area contributed by atoms with Crippen molar-refractivity contribution in [2.24, 2.45) is 0 Å². The first-order chi connectivity index (χ1) is 72.0. The molecule has 1 spiro atoms. The first kappa shape index (κ1) is 82.1. The molecule has 0 radical (unpaired) electrons. The molecule has 3 aliphatic rings. The van der Waals surface area contributed by atoms with Crippen LogP contribution in [0.1, 0.15) is 35.1 Å². The Kier molecular flexibility index (Phi) is 18.5. The molecule has 22 aromatic carbocycles. The van der Waals surface area contributed by atoms with Crippen LogP contribution in [0.15, 0.2) is 527 Å². The van der Waals surface area contributed by atoms with Gasteiger partial charge in [-0.3, -0.25) is 0 Å². The maximum Gasteiger partial charge on any atom is 0.0750 e. The fourth-order valence-electron chi connectivity index (χ4n) is 25.5. The molecular weight excluding hydrogens is 1750 g/mol. The van der Waals surface area contributed by atoms with E-state index in [0.29, 0.717) is 0 Å². The van der Waals surface area contributed by atoms with Crippen LogP contribution in [-0.2, 0) is 5.41 Å². The summed E-state index contributed by atoms with van der Waals surface area (Å²) in [5.74, 6) is 0. The quantitative estimate of drug-likeness (QED) is 0.107. The Morgan fingerprint density at radius 2 is 0.538 bits per heavy atom. The summed E-state index contributed by atoms with van der Waals surface area (Å²) in [5.41, 5.74) is 46.0. The molecule has 0 bridgehead atoms. The Bertz CT molecular complexity index is 10100. The number of hydrogen-bond acceptors (Lipinski definition) is 1. The molecule has 0 saturated carbocycles. The molecule has 0 N–H and O–H groups in total. The molecule has 1 atom stereocenters. The highest BCUT2D eigenvalue weighted by molar-refractivity contribution is 6.24. The van der Waals surface area contributed by atoms with E-state index in [1.807, 2.05) is 0 Å². The number of aromatic nitrogens is 5. The zero-order chi connectivity index (χ0) is 95.1. The minimum Gasteiger partial charge on any atom is -0.310 e. The monoisotopic (exact) mass is 1840 g/mol. The lowest BCUT2D eigenvalue weighted by Gasteiger charge is -2.46. The molecule has 1 aliphatic heterocycles. The average Bonchev–Trinajstić information content (AvgIpc) is 1.48. The van der Waals surface area contributed by atoms with Gasteiger partial charge in [0.25, 0.3) is 0 Å². The molecule has 2 aliphatic carbocycles. The van der Waals surface area contributed by atoms with Crippen molar-refractivity contribution < 1.29 is 0 Å². The van der Waals surface area contributed by atoms with E-state index in [-0.39, 0.29) is 0 Å². The van der Waals surface area contributed by atoms with E-state index in [1.165, 1.54) is 148 Å². The van der Waals surface area contributed by atoms with Gasteiger partial charge < -0.3 is 27.7 Å². The van der Waals surface area contributed by atoms with Gasteiger partial charge in [0, 0.05) is 87.7 Å². The number of rotatable bonds is 14. The van der Waals surface area contributed by atoms with Gasteiger partial charge in [-0.05, 0) is 264 Å². The molecule has 0 amide bonds. The molecule has 1 unspecified atom stereocenters. The van der Waals surface area contributed by atoms with Crippen molar-refractivity contribution in [3.63, 3.8) is 0 Å². The summed E-state index contributed by atoms with van der Waals surface area (Å²) in [5, 5.41) is 12.1. The first-order valence-corrected chi connectivity index (χ1v) is 50.5. The van der Waals surface area contributed by atoms with Crippen LogP contribution >= 0.6 is 0 Å². The molecule has 0 fully saturated rings. The van der Waals surface area contributed by atoms with Crippen molar-refractivity contribution in [3.05, 3.63) is 550 Å². The number of fused-ring (bicyclic) bond motifs is 23. The van der Waals surface area contributed by atoms with Crippen molar-refractivity contribution >= 4 is 132 Å². The molecule has 676 valence electrons. The van der Waals surface area contributed by atoms with Gasteiger partial charge in [-0.1, -0.05) is 382 Å². The second-order valence-corrected chi connectivity index (χ2v) is 39.1. The van der Waals surface area contributed by atoms with Gasteiger partial charge in [-0.25, -0.2) is 0 Å². The molecular formula is C139H90N6. The standard InChI is InChI=1S/C139H90N6/c1-5-36-89(37-6-1)91-72-77-99(78-73-91)140-125-65-27-18-53-111(125)136-109(57-34-69-129(136)140)110-58-35-70-130-137(110)114-79-74-96(85-132(114)143(130)100-45-31-44-94(82-100)90-38-7-2-8-39-90)95-75-80-118-116(83-95)104-48-13-21-59-117(104)139(118)119-60-22-30-68-128(119)142(102-47-32-46-101(88-102)141-121-61-23-14-49-105(121)106-50-15-24-62-122(106)141)133-86-97(76-81-120(133)139)98-84-115(93-42-11-4-12-43-93)138-113-55-20-29-67-127(113)145(134(138)87-98)124-64-26-17-52-108(124)107-51-16-25-63-123(107)144-126-66-28-19-54-112(126)135-103(56-33-71-131(135)144)92-40-9-3-10-41-92/h1-12,14-47,49-88H,13,48H2. The maximum absolute atomic E-state index is 2.61. The minimum atomic E-state index is -0.765. The van der Waals surface area contributed by atoms with Crippen LogP contribution < -0.4 is 4.90 Å². The predicted molar refractivity (Wildman–Crippen MR) is 608 cm³/mol. The van der Waals surface area contributed by atoms with Crippen LogP contribution in [0.25, 0.3) is 232 Å². The first-order valence-electron chi connectivity index (χ1n) is 50.5. The van der Waals surface area contributed by atoms with Crippen LogP contribution in [0.5, 0.6) is 0 Å². The van der Waals surface area contributed by atoms with E-state index < -0.39 is 5.41 Å². The van der Waals surface area contributed by atoms with Crippen molar-refractivity contribution in [2.75, 3.05) is 4.90 Å². The van der Waals surface area contributed by atoms with Crippen molar-refractivity contribution in [1.29, 1.82) is 0 Å². The Hall–Kier alpha value is -18.9. The largest absolute Gasteiger partial charge is 0.310 e. The van der Waals surface area contributed by atoms with Gasteiger partial charge in [0.15, 0.2) is 0 Å². The van der Waals surface area contributed by atoms with Gasteiger partial charge in [0.1, 0.15) is 0 Å². The number of nitrogens with zero attached hydrogens (tertiary/aromatic N) is 6. The van der Waals surface area contributed by atoms with E-state index in [2.05, 4.69) is 549 Å². The van der Waals surface area contributed by atoms with Crippen LogP contribution in [0.2, 0.25) is 0 Å². The summed E-state index contributed by atoms with van der Waals surface area (Å²) in [6.07, 6.45) is 6.78. The van der Waals surface area contributed by atoms with E-state index >= 15 is 0 Å². The smallest absolute Gasteiger partial charge is 0.0750 e. The predicted octanol–water partition coefficient (Wildman–Crippen LogP) is 36.7. The topological polar surface area (TPSA) is 27.9 Å². The molecule has 27 aromatic rings. The van der Waals surface area contributed by atoms with Gasteiger partial charge in [0.2, 0.25) is 0 Å². The summed E-state index contributed by atoms with van der Waals surface area (Å²) in [4.78, 5) is 2.61. The van der Waals surface area contributed by atoms with Crippen LogP contribution in [-0.4, -0.2) is 22.8 Å². The number of benzene rings is 22. The third-order valence-electron chi connectivity index (χ3n) is 31.6. The minimum absolute atomic E-state index is 0.765. The van der Waals surface area contributed by atoms with E-state index in [4.69, 9.17) is 0 Å². The molecule has 0 saturated heterocycles. The zero-order valence-electron chi connectivity index (χ0n) is 79.2. The Morgan fingerprint density at radius 3 is 1.16 bits per heavy atom. The van der Waals surface area contributed by atoms with Crippen molar-refractivity contribution in [1.82, 2.24) is 22.8 Å². The fraction of sp³-hybridized carbons (Fsp3) is 0.0216. The summed E-state index contributed by atoms with van der Waals surface area (Å²) < 4.78 is 12.5. The third-order valence-corrected chi connectivity index (χ3v) is 31.6. The lowest BCUT2D eigenvalue weighted by atomic mass is 9.63. The SMILES string of the molecule is C1=CC2=C(CC1)c1cc(-c3ccc4c5c(-c6cccc7c6c6ccccc6n7-c6ccc(-c7ccccc7)cc6)cccc5n(-c5cccc(-c6ccccc6)c5)c4c3)ccc1C21c2ccccc2N(c2cccc(-n3c4ccccc4c4ccccc43)c2)c2cc(-c3cc(-c4ccccc4)c4c5ccccc5n(-c5ccccc5-c5ccccc5-n5c6ccccc6c6c(-c7ccccc7)cccc65)c4c3)ccc21. The van der Waals surface area contributed by atoms with Crippen LogP contribution in [0, 0.1) is 0 Å². The second kappa shape index (κ2) is 32.6. The van der Waals surface area contributed by atoms with Crippen LogP contribution in [0.4, 0.5) is 17.1 Å². The number of hydrogen-bond donors (Lipinski definition) is 0. The van der Waals surface area contributed by atoms with Gasteiger partial charge >= 0.3 is 0 Å². The fourth-order valence-corrected chi connectivity index (χ4v) is 25.5. The lowest BCUT2D eigenvalue weighted by Crippen LogP contribution is -2.37. The molecule has 30 rings (SSSR count). The average molecular weight is 1840 g/mol. The number of allylic oxidation sites excluding steroid dienone is 4. The van der Waals surface area contributed by atoms with E-state index in [0.717, 1.165) is 141 Å². The van der Waals surface area contributed by atoms with E-state index in [9.17, 15) is 0 Å². The summed E-state index contributed by atoms with van der Waals surface area (Å²) in [6, 6.07) is 192. The highest BCUT2D eigenvalue weighted by Crippen LogP contribution is 2.66. The van der Waals surface area contributed by atoms with Crippen molar-refractivity contribution in [3.8, 4) is 117 Å². The molecule has 6 heterocycles. The van der Waals surface area contributed by atoms with Crippen molar-refractivity contribution in [2.45, 2.75) is 18.3 Å². The molecule has 145 heavy (non-hydrogen) atoms.